The van der Waals surface area contributed by atoms with Gasteiger partial charge in [-0.05, 0) is 51.8 Å². The molecule has 6 heteroatoms. The minimum absolute atomic E-state index is 0.219. The van der Waals surface area contributed by atoms with Gasteiger partial charge in [0.2, 0.25) is 5.95 Å². The van der Waals surface area contributed by atoms with Crippen LogP contribution in [0.2, 0.25) is 0 Å². The molecule has 27 heavy (non-hydrogen) atoms. The van der Waals surface area contributed by atoms with Crippen LogP contribution in [-0.2, 0) is 6.54 Å². The highest BCUT2D eigenvalue weighted by molar-refractivity contribution is 9.10. The molecule has 0 aliphatic rings. The molecular weight excluding hydrogens is 409 g/mol. The molecule has 0 amide bonds. The number of nitrogens with one attached hydrogen (secondary N) is 1. The summed E-state index contributed by atoms with van der Waals surface area (Å²) in [6, 6.07) is 21.2. The second-order valence-corrected chi connectivity index (χ2v) is 6.88. The van der Waals surface area contributed by atoms with Crippen molar-refractivity contribution in [3.63, 3.8) is 0 Å². The molecule has 1 aromatic heterocycles. The van der Waals surface area contributed by atoms with Gasteiger partial charge in [-0.15, -0.1) is 0 Å². The summed E-state index contributed by atoms with van der Waals surface area (Å²) in [5.41, 5.74) is 1.97. The number of hydrogen-bond acceptors (Lipinski definition) is 3. The van der Waals surface area contributed by atoms with Crippen molar-refractivity contribution in [2.24, 2.45) is 0 Å². The Balaban J connectivity index is 1.89. The maximum absolute atomic E-state index is 13.5. The molecule has 0 saturated carbocycles. The number of benzene rings is 3. The molecule has 3 aromatic carbocycles. The Labute approximate surface area is 163 Å². The zero-order chi connectivity index (χ0) is 18.8. The van der Waals surface area contributed by atoms with Gasteiger partial charge in [-0.2, -0.15) is 0 Å². The number of rotatable bonds is 4. The van der Waals surface area contributed by atoms with Crippen LogP contribution < -0.4 is 10.9 Å². The van der Waals surface area contributed by atoms with Crippen LogP contribution in [0.3, 0.4) is 0 Å². The van der Waals surface area contributed by atoms with Crippen LogP contribution in [0, 0.1) is 5.82 Å². The Morgan fingerprint density at radius 2 is 1.74 bits per heavy atom. The molecule has 0 fully saturated rings. The van der Waals surface area contributed by atoms with Crippen molar-refractivity contribution in [1.82, 2.24) is 9.55 Å². The first kappa shape index (κ1) is 17.4. The summed E-state index contributed by atoms with van der Waals surface area (Å²) < 4.78 is 15.5. The maximum Gasteiger partial charge on any atom is 0.267 e. The summed E-state index contributed by atoms with van der Waals surface area (Å²) >= 11 is 3.36. The van der Waals surface area contributed by atoms with Crippen LogP contribution in [-0.4, -0.2) is 9.55 Å². The van der Waals surface area contributed by atoms with Crippen molar-refractivity contribution < 1.29 is 4.39 Å². The van der Waals surface area contributed by atoms with Gasteiger partial charge in [-0.25, -0.2) is 13.9 Å². The van der Waals surface area contributed by atoms with Crippen LogP contribution in [0.1, 0.15) is 5.56 Å². The highest BCUT2D eigenvalue weighted by Crippen LogP contribution is 2.24. The summed E-state index contributed by atoms with van der Waals surface area (Å²) in [5, 5.41) is 3.74. The molecular formula is C21H15BrFN3O. The lowest BCUT2D eigenvalue weighted by atomic mass is 10.2. The molecule has 4 aromatic rings. The van der Waals surface area contributed by atoms with Gasteiger partial charge in [-0.3, -0.25) is 4.79 Å². The van der Waals surface area contributed by atoms with Crippen molar-refractivity contribution in [2.75, 3.05) is 5.32 Å². The average Bonchev–Trinajstić information content (AvgIpc) is 2.68. The molecule has 1 heterocycles. The van der Waals surface area contributed by atoms with E-state index in [9.17, 15) is 9.18 Å². The van der Waals surface area contributed by atoms with Crippen molar-refractivity contribution in [3.05, 3.63) is 99.0 Å². The second-order valence-electron chi connectivity index (χ2n) is 6.03. The van der Waals surface area contributed by atoms with E-state index in [0.29, 0.717) is 33.6 Å². The zero-order valence-electron chi connectivity index (χ0n) is 14.2. The first-order valence-electron chi connectivity index (χ1n) is 8.38. The van der Waals surface area contributed by atoms with Gasteiger partial charge >= 0.3 is 0 Å². The lowest BCUT2D eigenvalue weighted by molar-refractivity contribution is 0.626. The molecule has 0 aliphatic heterocycles. The average molecular weight is 424 g/mol. The van der Waals surface area contributed by atoms with Crippen molar-refractivity contribution >= 4 is 32.8 Å². The van der Waals surface area contributed by atoms with Gasteiger partial charge < -0.3 is 5.32 Å². The maximum atomic E-state index is 13.5. The largest absolute Gasteiger partial charge is 0.351 e. The van der Waals surface area contributed by atoms with Crippen LogP contribution in [0.5, 0.6) is 0 Å². The zero-order valence-corrected chi connectivity index (χ0v) is 15.8. The van der Waals surface area contributed by atoms with Crippen LogP contribution in [0.15, 0.2) is 82.1 Å². The van der Waals surface area contributed by atoms with Gasteiger partial charge in [0.15, 0.2) is 0 Å². The second kappa shape index (κ2) is 7.32. The molecule has 4 rings (SSSR count). The van der Waals surface area contributed by atoms with E-state index in [4.69, 9.17) is 0 Å². The molecule has 4 nitrogen and oxygen atoms in total. The van der Waals surface area contributed by atoms with Gasteiger partial charge in [-0.1, -0.05) is 42.5 Å². The summed E-state index contributed by atoms with van der Waals surface area (Å²) in [5.74, 6) is 0.0149. The highest BCUT2D eigenvalue weighted by atomic mass is 79.9. The Morgan fingerprint density at radius 1 is 1.00 bits per heavy atom. The fraction of sp³-hybridized carbons (Fsp3) is 0.0476. The molecule has 0 bridgehead atoms. The van der Waals surface area contributed by atoms with Crippen molar-refractivity contribution in [1.29, 1.82) is 0 Å². The van der Waals surface area contributed by atoms with E-state index < -0.39 is 0 Å². The normalized spacial score (nSPS) is 10.9. The standard InChI is InChI=1S/C21H15BrFN3O/c22-17-12-15(23)10-11-19(17)26-20(27)16-8-4-5-9-18(16)25-21(26)24-13-14-6-2-1-3-7-14/h1-12H,13H2,(H,24,25). The first-order valence-corrected chi connectivity index (χ1v) is 9.18. The lowest BCUT2D eigenvalue weighted by Crippen LogP contribution is -2.24. The Morgan fingerprint density at radius 3 is 2.52 bits per heavy atom. The molecule has 0 unspecified atom stereocenters. The quantitative estimate of drug-likeness (QED) is 0.507. The molecule has 0 radical (unpaired) electrons. The molecule has 134 valence electrons. The molecule has 0 spiro atoms. The lowest BCUT2D eigenvalue weighted by Gasteiger charge is -2.16. The number of para-hydroxylation sites is 1. The minimum atomic E-state index is -0.383. The third-order valence-corrected chi connectivity index (χ3v) is 4.85. The third-order valence-electron chi connectivity index (χ3n) is 4.22. The van der Waals surface area contributed by atoms with Gasteiger partial charge in [0, 0.05) is 11.0 Å². The molecule has 0 saturated heterocycles. The fourth-order valence-corrected chi connectivity index (χ4v) is 3.44. The smallest absolute Gasteiger partial charge is 0.267 e. The van der Waals surface area contributed by atoms with E-state index in [1.807, 2.05) is 36.4 Å². The highest BCUT2D eigenvalue weighted by Gasteiger charge is 2.15. The van der Waals surface area contributed by atoms with Gasteiger partial charge in [0.1, 0.15) is 5.82 Å². The number of hydrogen-bond donors (Lipinski definition) is 1. The number of aromatic nitrogens is 2. The van der Waals surface area contributed by atoms with E-state index >= 15 is 0 Å². The molecule has 0 aliphatic carbocycles. The van der Waals surface area contributed by atoms with E-state index in [0.717, 1.165) is 5.56 Å². The predicted molar refractivity (Wildman–Crippen MR) is 109 cm³/mol. The van der Waals surface area contributed by atoms with E-state index in [1.165, 1.54) is 16.7 Å². The van der Waals surface area contributed by atoms with Gasteiger partial charge in [0.05, 0.1) is 16.6 Å². The third kappa shape index (κ3) is 3.48. The summed E-state index contributed by atoms with van der Waals surface area (Å²) in [7, 11) is 0. The predicted octanol–water partition coefficient (Wildman–Crippen LogP) is 4.90. The summed E-state index contributed by atoms with van der Waals surface area (Å²) in [6.07, 6.45) is 0. The number of halogens is 2. The monoisotopic (exact) mass is 423 g/mol. The Hall–Kier alpha value is -2.99. The van der Waals surface area contributed by atoms with Gasteiger partial charge in [0.25, 0.3) is 5.56 Å². The van der Waals surface area contributed by atoms with E-state index in [2.05, 4.69) is 26.2 Å². The summed E-state index contributed by atoms with van der Waals surface area (Å²) in [6.45, 7) is 0.504. The Kier molecular flexibility index (Phi) is 4.73. The number of fused-ring (bicyclic) bond motifs is 1. The Bertz CT molecular complexity index is 1180. The summed E-state index contributed by atoms with van der Waals surface area (Å²) in [4.78, 5) is 17.8. The van der Waals surface area contributed by atoms with Crippen molar-refractivity contribution in [2.45, 2.75) is 6.54 Å². The van der Waals surface area contributed by atoms with Crippen LogP contribution in [0.4, 0.5) is 10.3 Å². The number of anilines is 1. The molecule has 0 atom stereocenters. The minimum Gasteiger partial charge on any atom is -0.351 e. The topological polar surface area (TPSA) is 46.9 Å². The SMILES string of the molecule is O=c1c2ccccc2nc(NCc2ccccc2)n1-c1ccc(F)cc1Br. The fourth-order valence-electron chi connectivity index (χ4n) is 2.91. The van der Waals surface area contributed by atoms with E-state index in [-0.39, 0.29) is 11.4 Å². The molecule has 1 N–H and O–H groups in total. The first-order chi connectivity index (χ1) is 13.1. The number of nitrogens with zero attached hydrogens (tertiary/aromatic N) is 2. The van der Waals surface area contributed by atoms with Crippen LogP contribution in [0.25, 0.3) is 16.6 Å². The van der Waals surface area contributed by atoms with Crippen molar-refractivity contribution in [3.8, 4) is 5.69 Å². The van der Waals surface area contributed by atoms with E-state index in [1.54, 1.807) is 24.3 Å². The van der Waals surface area contributed by atoms with Crippen LogP contribution >= 0.6 is 15.9 Å².